The number of piperazine rings is 1. The summed E-state index contributed by atoms with van der Waals surface area (Å²) >= 11 is 1.29. The summed E-state index contributed by atoms with van der Waals surface area (Å²) < 4.78 is 32.6. The number of rotatable bonds is 4. The third kappa shape index (κ3) is 3.65. The summed E-state index contributed by atoms with van der Waals surface area (Å²) in [5.74, 6) is 0.653. The van der Waals surface area contributed by atoms with Crippen LogP contribution in [-0.4, -0.2) is 51.6 Å². The fourth-order valence-corrected chi connectivity index (χ4v) is 5.72. The molecular weight excluding hydrogens is 308 g/mol. The van der Waals surface area contributed by atoms with Crippen molar-refractivity contribution in [1.29, 1.82) is 0 Å². The number of nitrogens with one attached hydrogen (secondary N) is 1. The molecule has 1 atom stereocenters. The van der Waals surface area contributed by atoms with Gasteiger partial charge in [0, 0.05) is 38.9 Å². The van der Waals surface area contributed by atoms with Gasteiger partial charge in [-0.2, -0.15) is 4.31 Å². The van der Waals surface area contributed by atoms with E-state index in [1.54, 1.807) is 16.4 Å². The van der Waals surface area contributed by atoms with Gasteiger partial charge in [0.1, 0.15) is 4.21 Å². The van der Waals surface area contributed by atoms with Gasteiger partial charge in [-0.25, -0.2) is 8.42 Å². The lowest BCUT2D eigenvalue weighted by Gasteiger charge is -2.35. The van der Waals surface area contributed by atoms with Crippen molar-refractivity contribution in [2.75, 3.05) is 32.8 Å². The number of thiophene rings is 1. The van der Waals surface area contributed by atoms with Crippen LogP contribution in [0, 0.1) is 5.92 Å². The number of hydrogen-bond acceptors (Lipinski definition) is 5. The van der Waals surface area contributed by atoms with E-state index in [2.05, 4.69) is 5.32 Å². The van der Waals surface area contributed by atoms with Crippen molar-refractivity contribution < 1.29 is 13.2 Å². The maximum absolute atomic E-state index is 12.6. The van der Waals surface area contributed by atoms with E-state index in [1.807, 2.05) is 5.38 Å². The topological polar surface area (TPSA) is 58.6 Å². The van der Waals surface area contributed by atoms with Gasteiger partial charge in [-0.1, -0.05) is 6.07 Å². The minimum Gasteiger partial charge on any atom is -0.381 e. The Hall–Kier alpha value is -0.470. The molecule has 21 heavy (non-hydrogen) atoms. The van der Waals surface area contributed by atoms with E-state index in [1.165, 1.54) is 11.3 Å². The Balaban J connectivity index is 1.63. The molecule has 3 heterocycles. The first-order chi connectivity index (χ1) is 10.2. The highest BCUT2D eigenvalue weighted by atomic mass is 32.2. The van der Waals surface area contributed by atoms with E-state index in [0.717, 1.165) is 39.0 Å². The van der Waals surface area contributed by atoms with Crippen molar-refractivity contribution in [3.05, 3.63) is 17.5 Å². The SMILES string of the molecule is O=S(=O)(c1cccs1)N1CCNC(CC2CCOCC2)C1. The van der Waals surface area contributed by atoms with Crippen LogP contribution in [0.5, 0.6) is 0 Å². The zero-order valence-electron chi connectivity index (χ0n) is 12.0. The Morgan fingerprint density at radius 1 is 1.38 bits per heavy atom. The normalized spacial score (nSPS) is 26.0. The molecule has 1 unspecified atom stereocenters. The first kappa shape index (κ1) is 15.4. The third-order valence-electron chi connectivity index (χ3n) is 4.27. The number of nitrogens with zero attached hydrogens (tertiary/aromatic N) is 1. The molecule has 0 amide bonds. The summed E-state index contributed by atoms with van der Waals surface area (Å²) in [6, 6.07) is 3.74. The Morgan fingerprint density at radius 3 is 2.90 bits per heavy atom. The van der Waals surface area contributed by atoms with E-state index in [0.29, 0.717) is 23.2 Å². The van der Waals surface area contributed by atoms with Crippen LogP contribution in [0.1, 0.15) is 19.3 Å². The number of hydrogen-bond donors (Lipinski definition) is 1. The van der Waals surface area contributed by atoms with Crippen LogP contribution in [0.15, 0.2) is 21.7 Å². The van der Waals surface area contributed by atoms with Crippen LogP contribution >= 0.6 is 11.3 Å². The van der Waals surface area contributed by atoms with Crippen LogP contribution in [0.3, 0.4) is 0 Å². The average Bonchev–Trinajstić information content (AvgIpc) is 3.04. The summed E-state index contributed by atoms with van der Waals surface area (Å²) in [7, 11) is -3.31. The highest BCUT2D eigenvalue weighted by Crippen LogP contribution is 2.25. The standard InChI is InChI=1S/C14H22N2O3S2/c17-21(18,14-2-1-9-20-14)16-6-5-15-13(11-16)10-12-3-7-19-8-4-12/h1-2,9,12-13,15H,3-8,10-11H2. The quantitative estimate of drug-likeness (QED) is 0.909. The van der Waals surface area contributed by atoms with Gasteiger partial charge >= 0.3 is 0 Å². The van der Waals surface area contributed by atoms with Gasteiger partial charge in [0.05, 0.1) is 0 Å². The fourth-order valence-electron chi connectivity index (χ4n) is 3.09. The highest BCUT2D eigenvalue weighted by molar-refractivity contribution is 7.91. The van der Waals surface area contributed by atoms with Crippen molar-refractivity contribution in [1.82, 2.24) is 9.62 Å². The predicted octanol–water partition coefficient (Wildman–Crippen LogP) is 1.53. The molecule has 0 spiro atoms. The van der Waals surface area contributed by atoms with Crippen molar-refractivity contribution in [2.24, 2.45) is 5.92 Å². The lowest BCUT2D eigenvalue weighted by Crippen LogP contribution is -2.53. The lowest BCUT2D eigenvalue weighted by molar-refractivity contribution is 0.0586. The second-order valence-corrected chi connectivity index (χ2v) is 8.85. The van der Waals surface area contributed by atoms with Gasteiger partial charge in [-0.15, -0.1) is 11.3 Å². The molecule has 5 nitrogen and oxygen atoms in total. The van der Waals surface area contributed by atoms with Gasteiger partial charge in [-0.05, 0) is 36.6 Å². The molecule has 2 aliphatic heterocycles. The zero-order chi connectivity index (χ0) is 14.7. The van der Waals surface area contributed by atoms with E-state index in [9.17, 15) is 8.42 Å². The second kappa shape index (κ2) is 6.75. The molecule has 7 heteroatoms. The van der Waals surface area contributed by atoms with Crippen LogP contribution in [-0.2, 0) is 14.8 Å². The van der Waals surface area contributed by atoms with E-state index < -0.39 is 10.0 Å². The van der Waals surface area contributed by atoms with Gasteiger partial charge in [0.2, 0.25) is 0 Å². The van der Waals surface area contributed by atoms with E-state index in [-0.39, 0.29) is 6.04 Å². The van der Waals surface area contributed by atoms with Gasteiger partial charge < -0.3 is 10.1 Å². The molecule has 1 aromatic heterocycles. The number of sulfonamides is 1. The predicted molar refractivity (Wildman–Crippen MR) is 83.0 cm³/mol. The molecule has 2 saturated heterocycles. The Bertz CT molecular complexity index is 539. The Morgan fingerprint density at radius 2 is 2.19 bits per heavy atom. The second-order valence-electron chi connectivity index (χ2n) is 5.74. The molecule has 3 rings (SSSR count). The van der Waals surface area contributed by atoms with Crippen LogP contribution < -0.4 is 5.32 Å². The van der Waals surface area contributed by atoms with Gasteiger partial charge in [0.15, 0.2) is 0 Å². The minimum atomic E-state index is -3.31. The molecule has 0 aliphatic carbocycles. The summed E-state index contributed by atoms with van der Waals surface area (Å²) in [5, 5.41) is 5.28. The zero-order valence-corrected chi connectivity index (χ0v) is 13.7. The Kier molecular flexibility index (Phi) is 4.96. The third-order valence-corrected chi connectivity index (χ3v) is 7.50. The van der Waals surface area contributed by atoms with Crippen molar-refractivity contribution in [2.45, 2.75) is 29.5 Å². The minimum absolute atomic E-state index is 0.261. The molecule has 1 N–H and O–H groups in total. The molecule has 0 saturated carbocycles. The summed E-state index contributed by atoms with van der Waals surface area (Å²) in [6.07, 6.45) is 3.23. The van der Waals surface area contributed by atoms with Crippen LogP contribution in [0.2, 0.25) is 0 Å². The first-order valence-electron chi connectivity index (χ1n) is 7.51. The van der Waals surface area contributed by atoms with Crippen molar-refractivity contribution in [3.63, 3.8) is 0 Å². The monoisotopic (exact) mass is 330 g/mol. The maximum Gasteiger partial charge on any atom is 0.252 e. The molecule has 2 aliphatic rings. The molecule has 118 valence electrons. The van der Waals surface area contributed by atoms with Gasteiger partial charge in [-0.3, -0.25) is 0 Å². The lowest BCUT2D eigenvalue weighted by atomic mass is 9.92. The van der Waals surface area contributed by atoms with Gasteiger partial charge in [0.25, 0.3) is 10.0 Å². The fraction of sp³-hybridized carbons (Fsp3) is 0.714. The van der Waals surface area contributed by atoms with Crippen LogP contribution in [0.4, 0.5) is 0 Å². The molecule has 0 radical (unpaired) electrons. The van der Waals surface area contributed by atoms with Crippen LogP contribution in [0.25, 0.3) is 0 Å². The summed E-state index contributed by atoms with van der Waals surface area (Å²) in [5.41, 5.74) is 0. The average molecular weight is 330 g/mol. The van der Waals surface area contributed by atoms with Crippen molar-refractivity contribution >= 4 is 21.4 Å². The molecule has 0 aromatic carbocycles. The molecule has 2 fully saturated rings. The van der Waals surface area contributed by atoms with Crippen molar-refractivity contribution in [3.8, 4) is 0 Å². The maximum atomic E-state index is 12.6. The number of ether oxygens (including phenoxy) is 1. The van der Waals surface area contributed by atoms with E-state index >= 15 is 0 Å². The molecule has 0 bridgehead atoms. The summed E-state index contributed by atoms with van der Waals surface area (Å²) in [4.78, 5) is 0. The largest absolute Gasteiger partial charge is 0.381 e. The molecule has 1 aromatic rings. The smallest absolute Gasteiger partial charge is 0.252 e. The highest BCUT2D eigenvalue weighted by Gasteiger charge is 2.31. The molecular formula is C14H22N2O3S2. The summed E-state index contributed by atoms with van der Waals surface area (Å²) in [6.45, 7) is 3.56. The Labute approximate surface area is 130 Å². The van der Waals surface area contributed by atoms with E-state index in [4.69, 9.17) is 4.74 Å². The first-order valence-corrected chi connectivity index (χ1v) is 9.83.